The molecular weight excluding hydrogens is 563 g/mol. The maximum Gasteiger partial charge on any atom is 0.243 e. The van der Waals surface area contributed by atoms with Gasteiger partial charge in [0.05, 0.1) is 10.0 Å². The number of rotatable bonds is 11. The van der Waals surface area contributed by atoms with Gasteiger partial charge in [-0.15, -0.1) is 0 Å². The van der Waals surface area contributed by atoms with Crippen molar-refractivity contribution in [2.45, 2.75) is 63.1 Å². The van der Waals surface area contributed by atoms with Crippen LogP contribution in [0.2, 0.25) is 10.0 Å². The minimum Gasteiger partial charge on any atom is -0.352 e. The molecule has 1 aliphatic rings. The minimum absolute atomic E-state index is 0.0960. The van der Waals surface area contributed by atoms with Crippen molar-refractivity contribution in [2.75, 3.05) is 0 Å². The molecule has 1 fully saturated rings. The number of benzene rings is 4. The predicted molar refractivity (Wildman–Crippen MR) is 171 cm³/mol. The van der Waals surface area contributed by atoms with Gasteiger partial charge >= 0.3 is 0 Å². The van der Waals surface area contributed by atoms with E-state index in [1.54, 1.807) is 17.0 Å². The van der Waals surface area contributed by atoms with Crippen LogP contribution in [-0.4, -0.2) is 28.8 Å². The van der Waals surface area contributed by atoms with E-state index in [0.29, 0.717) is 16.5 Å². The monoisotopic (exact) mass is 598 g/mol. The van der Waals surface area contributed by atoms with E-state index in [9.17, 15) is 9.59 Å². The van der Waals surface area contributed by atoms with E-state index in [-0.39, 0.29) is 36.7 Å². The fourth-order valence-electron chi connectivity index (χ4n) is 5.85. The Bertz CT molecular complexity index is 1420. The molecule has 0 spiro atoms. The molecule has 5 rings (SSSR count). The van der Waals surface area contributed by atoms with Crippen molar-refractivity contribution in [3.63, 3.8) is 0 Å². The lowest BCUT2D eigenvalue weighted by molar-refractivity contribution is -0.141. The van der Waals surface area contributed by atoms with Crippen molar-refractivity contribution >= 4 is 35.0 Å². The van der Waals surface area contributed by atoms with Gasteiger partial charge in [-0.05, 0) is 47.2 Å². The largest absolute Gasteiger partial charge is 0.352 e. The van der Waals surface area contributed by atoms with Gasteiger partial charge in [0.25, 0.3) is 0 Å². The van der Waals surface area contributed by atoms with Crippen LogP contribution in [0.3, 0.4) is 0 Å². The average molecular weight is 600 g/mol. The lowest BCUT2D eigenvalue weighted by Crippen LogP contribution is -2.52. The van der Waals surface area contributed by atoms with E-state index in [0.717, 1.165) is 47.9 Å². The number of hydrogen-bond acceptors (Lipinski definition) is 2. The Morgan fingerprint density at radius 1 is 0.738 bits per heavy atom. The number of carbonyl (C=O) groups excluding carboxylic acids is 2. The van der Waals surface area contributed by atoms with Crippen LogP contribution in [0, 0.1) is 0 Å². The average Bonchev–Trinajstić information content (AvgIpc) is 3.53. The van der Waals surface area contributed by atoms with Gasteiger partial charge in [0.1, 0.15) is 6.04 Å². The van der Waals surface area contributed by atoms with Gasteiger partial charge in [0.2, 0.25) is 11.8 Å². The highest BCUT2D eigenvalue weighted by atomic mass is 35.5. The van der Waals surface area contributed by atoms with Crippen LogP contribution in [0.4, 0.5) is 0 Å². The topological polar surface area (TPSA) is 49.4 Å². The number of hydrogen-bond donors (Lipinski definition) is 1. The molecule has 1 atom stereocenters. The summed E-state index contributed by atoms with van der Waals surface area (Å²) in [6.45, 7) is 0.238. The smallest absolute Gasteiger partial charge is 0.243 e. The summed E-state index contributed by atoms with van der Waals surface area (Å²) in [6, 6.07) is 34.9. The summed E-state index contributed by atoms with van der Waals surface area (Å²) in [7, 11) is 0. The Balaban J connectivity index is 1.52. The molecule has 0 bridgehead atoms. The van der Waals surface area contributed by atoms with Crippen molar-refractivity contribution in [3.05, 3.63) is 141 Å². The molecule has 0 radical (unpaired) electrons. The molecule has 0 saturated heterocycles. The highest BCUT2D eigenvalue weighted by Crippen LogP contribution is 2.31. The highest BCUT2D eigenvalue weighted by Gasteiger charge is 2.33. The van der Waals surface area contributed by atoms with Gasteiger partial charge in [-0.25, -0.2) is 0 Å². The van der Waals surface area contributed by atoms with Crippen LogP contribution in [0.25, 0.3) is 0 Å². The second-order valence-corrected chi connectivity index (χ2v) is 11.9. The third-order valence-electron chi connectivity index (χ3n) is 8.09. The van der Waals surface area contributed by atoms with Gasteiger partial charge in [-0.1, -0.05) is 133 Å². The molecule has 4 nitrogen and oxygen atoms in total. The van der Waals surface area contributed by atoms with E-state index in [1.807, 2.05) is 72.8 Å². The van der Waals surface area contributed by atoms with Crippen molar-refractivity contribution in [2.24, 2.45) is 0 Å². The summed E-state index contributed by atoms with van der Waals surface area (Å²) in [5.41, 5.74) is 3.93. The molecule has 4 aromatic carbocycles. The Morgan fingerprint density at radius 3 is 1.88 bits per heavy atom. The van der Waals surface area contributed by atoms with Crippen LogP contribution in [0.5, 0.6) is 0 Å². The molecule has 42 heavy (non-hydrogen) atoms. The van der Waals surface area contributed by atoms with E-state index < -0.39 is 6.04 Å². The Hall–Kier alpha value is -3.60. The first-order valence-corrected chi connectivity index (χ1v) is 15.4. The SMILES string of the molecule is O=C(NC1CCCC1)[C@@H](Cc1ccccc1)N(Cc1ccc(Cl)c(Cl)c1)C(=O)CC(c1ccccc1)c1ccccc1. The fourth-order valence-corrected chi connectivity index (χ4v) is 6.17. The van der Waals surface area contributed by atoms with Gasteiger partial charge in [-0.2, -0.15) is 0 Å². The number of amides is 2. The maximum absolute atomic E-state index is 14.5. The highest BCUT2D eigenvalue weighted by molar-refractivity contribution is 6.42. The van der Waals surface area contributed by atoms with Crippen molar-refractivity contribution in [1.82, 2.24) is 10.2 Å². The predicted octanol–water partition coefficient (Wildman–Crippen LogP) is 8.21. The van der Waals surface area contributed by atoms with Gasteiger partial charge in [0, 0.05) is 31.3 Å². The van der Waals surface area contributed by atoms with E-state index in [1.165, 1.54) is 0 Å². The zero-order valence-electron chi connectivity index (χ0n) is 23.6. The number of carbonyl (C=O) groups is 2. The minimum atomic E-state index is -0.692. The molecule has 0 aliphatic heterocycles. The van der Waals surface area contributed by atoms with E-state index in [4.69, 9.17) is 23.2 Å². The lowest BCUT2D eigenvalue weighted by Gasteiger charge is -2.33. The summed E-state index contributed by atoms with van der Waals surface area (Å²) in [5.74, 6) is -0.372. The van der Waals surface area contributed by atoms with Gasteiger partial charge in [-0.3, -0.25) is 9.59 Å². The second kappa shape index (κ2) is 14.5. The lowest BCUT2D eigenvalue weighted by atomic mass is 9.87. The van der Waals surface area contributed by atoms with Crippen molar-refractivity contribution in [1.29, 1.82) is 0 Å². The fraction of sp³-hybridized carbons (Fsp3) is 0.278. The molecule has 6 heteroatoms. The third kappa shape index (κ3) is 7.81. The summed E-state index contributed by atoms with van der Waals surface area (Å²) in [4.78, 5) is 30.3. The standard InChI is InChI=1S/C36H36Cl2N2O2/c37-32-21-20-27(22-33(32)38)25-40(34(23-26-12-4-1-5-13-26)36(42)39-30-18-10-11-19-30)35(41)24-31(28-14-6-2-7-15-28)29-16-8-3-9-17-29/h1-9,12-17,20-22,30-31,34H,10-11,18-19,23-25H2,(H,39,42)/t34-/m1/s1. The Labute approximate surface area is 258 Å². The Kier molecular flexibility index (Phi) is 10.3. The van der Waals surface area contributed by atoms with E-state index in [2.05, 4.69) is 29.6 Å². The van der Waals surface area contributed by atoms with Crippen LogP contribution in [0.15, 0.2) is 109 Å². The zero-order chi connectivity index (χ0) is 29.3. The molecule has 0 unspecified atom stereocenters. The van der Waals surface area contributed by atoms with Crippen LogP contribution >= 0.6 is 23.2 Å². The molecule has 1 saturated carbocycles. The van der Waals surface area contributed by atoms with Crippen molar-refractivity contribution in [3.8, 4) is 0 Å². The van der Waals surface area contributed by atoms with Crippen LogP contribution in [-0.2, 0) is 22.6 Å². The third-order valence-corrected chi connectivity index (χ3v) is 8.83. The number of nitrogens with zero attached hydrogens (tertiary/aromatic N) is 1. The molecule has 2 amide bonds. The summed E-state index contributed by atoms with van der Waals surface area (Å²) in [5, 5.41) is 4.15. The normalized spacial score (nSPS) is 14.1. The quantitative estimate of drug-likeness (QED) is 0.189. The molecule has 216 valence electrons. The molecule has 1 N–H and O–H groups in total. The van der Waals surface area contributed by atoms with Crippen molar-refractivity contribution < 1.29 is 9.59 Å². The second-order valence-electron chi connectivity index (χ2n) is 11.0. The zero-order valence-corrected chi connectivity index (χ0v) is 25.1. The molecule has 0 aromatic heterocycles. The first-order valence-electron chi connectivity index (χ1n) is 14.7. The van der Waals surface area contributed by atoms with E-state index >= 15 is 0 Å². The van der Waals surface area contributed by atoms with Gasteiger partial charge in [0.15, 0.2) is 0 Å². The number of halogens is 2. The first-order chi connectivity index (χ1) is 20.5. The number of nitrogens with one attached hydrogen (secondary N) is 1. The summed E-state index contributed by atoms with van der Waals surface area (Å²) in [6.07, 6.45) is 4.78. The molecule has 4 aromatic rings. The maximum atomic E-state index is 14.5. The summed E-state index contributed by atoms with van der Waals surface area (Å²) < 4.78 is 0. The first kappa shape index (κ1) is 29.9. The summed E-state index contributed by atoms with van der Waals surface area (Å²) >= 11 is 12.6. The van der Waals surface area contributed by atoms with Gasteiger partial charge < -0.3 is 10.2 Å². The molecule has 0 heterocycles. The molecule has 1 aliphatic carbocycles. The Morgan fingerprint density at radius 2 is 1.31 bits per heavy atom. The van der Waals surface area contributed by atoms with Crippen LogP contribution < -0.4 is 5.32 Å². The molecular formula is C36H36Cl2N2O2. The van der Waals surface area contributed by atoms with Crippen LogP contribution in [0.1, 0.15) is 60.3 Å².